The third-order valence-corrected chi connectivity index (χ3v) is 3.15. The zero-order chi connectivity index (χ0) is 16.0. The molecule has 1 rings (SSSR count). The molecule has 1 aromatic carbocycles. The SMILES string of the molecule is Cc1ccccc1NC(=O)C(=O)CC(C)C[C@H](N)C(=O)O. The minimum Gasteiger partial charge on any atom is -0.480 e. The summed E-state index contributed by atoms with van der Waals surface area (Å²) in [5.74, 6) is -2.66. The Kier molecular flexibility index (Phi) is 6.05. The molecule has 0 saturated carbocycles. The Labute approximate surface area is 123 Å². The van der Waals surface area contributed by atoms with E-state index in [4.69, 9.17) is 10.8 Å². The van der Waals surface area contributed by atoms with Crippen molar-refractivity contribution in [3.05, 3.63) is 29.8 Å². The maximum atomic E-state index is 11.8. The van der Waals surface area contributed by atoms with Crippen molar-refractivity contribution in [1.29, 1.82) is 0 Å². The van der Waals surface area contributed by atoms with Crippen LogP contribution in [0.3, 0.4) is 0 Å². The highest BCUT2D eigenvalue weighted by atomic mass is 16.4. The number of benzene rings is 1. The van der Waals surface area contributed by atoms with Crippen molar-refractivity contribution in [3.63, 3.8) is 0 Å². The number of rotatable bonds is 7. The summed E-state index contributed by atoms with van der Waals surface area (Å²) >= 11 is 0. The molecule has 0 fully saturated rings. The number of Topliss-reactive ketones (excluding diaryl/α,β-unsaturated/α-hetero) is 1. The maximum Gasteiger partial charge on any atom is 0.320 e. The number of carboxylic acid groups (broad SMARTS) is 1. The molecule has 1 amide bonds. The van der Waals surface area contributed by atoms with Crippen LogP contribution >= 0.6 is 0 Å². The summed E-state index contributed by atoms with van der Waals surface area (Å²) in [4.78, 5) is 34.3. The molecule has 0 aliphatic carbocycles. The van der Waals surface area contributed by atoms with E-state index in [9.17, 15) is 14.4 Å². The highest BCUT2D eigenvalue weighted by Gasteiger charge is 2.21. The van der Waals surface area contributed by atoms with Crippen molar-refractivity contribution in [3.8, 4) is 0 Å². The first-order valence-electron chi connectivity index (χ1n) is 6.69. The van der Waals surface area contributed by atoms with E-state index in [0.717, 1.165) is 5.56 Å². The van der Waals surface area contributed by atoms with Gasteiger partial charge >= 0.3 is 5.97 Å². The van der Waals surface area contributed by atoms with Crippen molar-refractivity contribution in [2.45, 2.75) is 32.7 Å². The maximum absolute atomic E-state index is 11.8. The lowest BCUT2D eigenvalue weighted by atomic mass is 9.96. The third-order valence-electron chi connectivity index (χ3n) is 3.15. The minimum atomic E-state index is -1.11. The number of ketones is 1. The number of aryl methyl sites for hydroxylation is 1. The van der Waals surface area contributed by atoms with E-state index in [1.54, 1.807) is 19.1 Å². The van der Waals surface area contributed by atoms with E-state index in [1.165, 1.54) is 0 Å². The first-order valence-corrected chi connectivity index (χ1v) is 6.69. The topological polar surface area (TPSA) is 109 Å². The number of anilines is 1. The van der Waals surface area contributed by atoms with Crippen LogP contribution in [0.2, 0.25) is 0 Å². The number of carboxylic acids is 1. The van der Waals surface area contributed by atoms with Gasteiger partial charge in [-0.25, -0.2) is 0 Å². The number of amides is 1. The van der Waals surface area contributed by atoms with Gasteiger partial charge in [0.25, 0.3) is 5.91 Å². The molecule has 1 aromatic rings. The van der Waals surface area contributed by atoms with Crippen LogP contribution in [0.4, 0.5) is 5.69 Å². The molecular weight excluding hydrogens is 272 g/mol. The van der Waals surface area contributed by atoms with Gasteiger partial charge in [0.1, 0.15) is 6.04 Å². The van der Waals surface area contributed by atoms with E-state index in [0.29, 0.717) is 5.69 Å². The summed E-state index contributed by atoms with van der Waals surface area (Å²) in [6, 6.07) is 6.12. The van der Waals surface area contributed by atoms with E-state index in [2.05, 4.69) is 5.32 Å². The molecule has 4 N–H and O–H groups in total. The molecule has 6 heteroatoms. The van der Waals surface area contributed by atoms with Crippen molar-refractivity contribution < 1.29 is 19.5 Å². The predicted molar refractivity (Wildman–Crippen MR) is 78.8 cm³/mol. The minimum absolute atomic E-state index is 0.0291. The molecule has 0 saturated heterocycles. The van der Waals surface area contributed by atoms with Crippen LogP contribution in [0.1, 0.15) is 25.3 Å². The first-order chi connectivity index (χ1) is 9.81. The summed E-state index contributed by atoms with van der Waals surface area (Å²) in [7, 11) is 0. The second-order valence-corrected chi connectivity index (χ2v) is 5.18. The Morgan fingerprint density at radius 1 is 1.29 bits per heavy atom. The molecule has 0 bridgehead atoms. The largest absolute Gasteiger partial charge is 0.480 e. The van der Waals surface area contributed by atoms with Gasteiger partial charge in [0.2, 0.25) is 5.78 Å². The summed E-state index contributed by atoms with van der Waals surface area (Å²) in [5, 5.41) is 11.3. The van der Waals surface area contributed by atoms with Crippen LogP contribution < -0.4 is 11.1 Å². The Bertz CT molecular complexity index is 542. The lowest BCUT2D eigenvalue weighted by Gasteiger charge is -2.13. The van der Waals surface area contributed by atoms with Crippen molar-refractivity contribution in [2.24, 2.45) is 11.7 Å². The van der Waals surface area contributed by atoms with Gasteiger partial charge in [-0.3, -0.25) is 14.4 Å². The second-order valence-electron chi connectivity index (χ2n) is 5.18. The number of carbonyl (C=O) groups is 3. The van der Waals surface area contributed by atoms with Crippen LogP contribution in [0.5, 0.6) is 0 Å². The van der Waals surface area contributed by atoms with Crippen LogP contribution in [-0.4, -0.2) is 28.8 Å². The molecule has 21 heavy (non-hydrogen) atoms. The predicted octanol–water partition coefficient (Wildman–Crippen LogP) is 1.33. The van der Waals surface area contributed by atoms with Crippen LogP contribution in [0.15, 0.2) is 24.3 Å². The molecule has 114 valence electrons. The van der Waals surface area contributed by atoms with Crippen LogP contribution in [-0.2, 0) is 14.4 Å². The number of nitrogens with two attached hydrogens (primary N) is 1. The average Bonchev–Trinajstić information content (AvgIpc) is 2.40. The Morgan fingerprint density at radius 2 is 1.90 bits per heavy atom. The highest BCUT2D eigenvalue weighted by Crippen LogP contribution is 2.15. The lowest BCUT2D eigenvalue weighted by molar-refractivity contribution is -0.139. The van der Waals surface area contributed by atoms with Gasteiger partial charge in [0.05, 0.1) is 0 Å². The summed E-state index contributed by atoms with van der Waals surface area (Å²) in [5.41, 5.74) is 6.85. The molecule has 0 radical (unpaired) electrons. The fraction of sp³-hybridized carbons (Fsp3) is 0.400. The molecule has 6 nitrogen and oxygen atoms in total. The summed E-state index contributed by atoms with van der Waals surface area (Å²) < 4.78 is 0. The van der Waals surface area contributed by atoms with Gasteiger partial charge in [-0.1, -0.05) is 25.1 Å². The second kappa shape index (κ2) is 7.54. The normalized spacial score (nSPS) is 13.3. The van der Waals surface area contributed by atoms with Gasteiger partial charge < -0.3 is 16.2 Å². The van der Waals surface area contributed by atoms with E-state index >= 15 is 0 Å². The zero-order valence-electron chi connectivity index (χ0n) is 12.1. The molecule has 1 unspecified atom stereocenters. The number of carbonyl (C=O) groups excluding carboxylic acids is 2. The van der Waals surface area contributed by atoms with Crippen molar-refractivity contribution >= 4 is 23.3 Å². The van der Waals surface area contributed by atoms with Gasteiger partial charge in [0.15, 0.2) is 0 Å². The van der Waals surface area contributed by atoms with Crippen LogP contribution in [0.25, 0.3) is 0 Å². The van der Waals surface area contributed by atoms with Gasteiger partial charge in [0, 0.05) is 12.1 Å². The summed E-state index contributed by atoms with van der Waals surface area (Å²) in [6.07, 6.45) is 0.122. The van der Waals surface area contributed by atoms with Gasteiger partial charge in [-0.2, -0.15) is 0 Å². The van der Waals surface area contributed by atoms with Gasteiger partial charge in [-0.15, -0.1) is 0 Å². The van der Waals surface area contributed by atoms with Crippen LogP contribution in [0, 0.1) is 12.8 Å². The zero-order valence-corrected chi connectivity index (χ0v) is 12.1. The summed E-state index contributed by atoms with van der Waals surface area (Å²) in [6.45, 7) is 3.52. The number of aliphatic carboxylic acids is 1. The lowest BCUT2D eigenvalue weighted by Crippen LogP contribution is -2.33. The van der Waals surface area contributed by atoms with E-state index in [-0.39, 0.29) is 18.8 Å². The Hall–Kier alpha value is -2.21. The number of hydrogen-bond donors (Lipinski definition) is 3. The number of hydrogen-bond acceptors (Lipinski definition) is 4. The van der Waals surface area contributed by atoms with Crippen molar-refractivity contribution in [1.82, 2.24) is 0 Å². The monoisotopic (exact) mass is 292 g/mol. The van der Waals surface area contributed by atoms with E-state index < -0.39 is 23.7 Å². The average molecular weight is 292 g/mol. The molecule has 0 heterocycles. The molecule has 2 atom stereocenters. The molecule has 0 aliphatic heterocycles. The Morgan fingerprint density at radius 3 is 2.48 bits per heavy atom. The highest BCUT2D eigenvalue weighted by molar-refractivity contribution is 6.40. The smallest absolute Gasteiger partial charge is 0.320 e. The number of nitrogens with one attached hydrogen (secondary N) is 1. The number of para-hydroxylation sites is 1. The van der Waals surface area contributed by atoms with E-state index in [1.807, 2.05) is 19.1 Å². The fourth-order valence-electron chi connectivity index (χ4n) is 1.93. The molecule has 0 aliphatic rings. The van der Waals surface area contributed by atoms with Crippen molar-refractivity contribution in [2.75, 3.05) is 5.32 Å². The molecule has 0 aromatic heterocycles. The first kappa shape index (κ1) is 16.8. The molecule has 0 spiro atoms. The fourth-order valence-corrected chi connectivity index (χ4v) is 1.93. The third kappa shape index (κ3) is 5.35. The van der Waals surface area contributed by atoms with Gasteiger partial charge in [-0.05, 0) is 30.9 Å². The quantitative estimate of drug-likeness (QED) is 0.657. The Balaban J connectivity index is 2.54. The standard InChI is InChI=1S/C15H20N2O4/c1-9(7-11(16)15(20)21)8-13(18)14(19)17-12-6-4-3-5-10(12)2/h3-6,9,11H,7-8,16H2,1-2H3,(H,17,19)(H,20,21)/t9?,11-/m0/s1. The molecular formula is C15H20N2O4.